The van der Waals surface area contributed by atoms with Crippen molar-refractivity contribution in [3.8, 4) is 0 Å². The molecule has 0 aliphatic carbocycles. The van der Waals surface area contributed by atoms with Gasteiger partial charge >= 0.3 is 0 Å². The number of unbranched alkanes of at least 4 members (excludes halogenated alkanes) is 1. The fourth-order valence-corrected chi connectivity index (χ4v) is 7.37. The van der Waals surface area contributed by atoms with Gasteiger partial charge in [-0.25, -0.2) is 0 Å². The Bertz CT molecular complexity index is 1410. The van der Waals surface area contributed by atoms with Gasteiger partial charge in [-0.2, -0.15) is 11.8 Å². The van der Waals surface area contributed by atoms with Crippen LogP contribution in [0.3, 0.4) is 0 Å². The van der Waals surface area contributed by atoms with Crippen LogP contribution in [0.1, 0.15) is 76.3 Å². The summed E-state index contributed by atoms with van der Waals surface area (Å²) < 4.78 is -0.411. The molecule has 3 rings (SSSR count). The Labute approximate surface area is 289 Å². The summed E-state index contributed by atoms with van der Waals surface area (Å²) in [6.45, 7) is 11.8. The Kier molecular flexibility index (Phi) is 14.9. The van der Waals surface area contributed by atoms with E-state index in [1.54, 1.807) is 18.7 Å². The van der Waals surface area contributed by atoms with Gasteiger partial charge in [0.25, 0.3) is 0 Å². The van der Waals surface area contributed by atoms with Crippen molar-refractivity contribution < 1.29 is 24.0 Å². The summed E-state index contributed by atoms with van der Waals surface area (Å²) in [5.74, 6) is -1.69. The number of aldehydes is 1. The van der Waals surface area contributed by atoms with Gasteiger partial charge in [0.15, 0.2) is 5.78 Å². The molecule has 1 aliphatic heterocycles. The fraction of sp³-hybridized carbons (Fsp3) is 0.486. The second-order valence-corrected chi connectivity index (χ2v) is 14.3. The van der Waals surface area contributed by atoms with Crippen LogP contribution in [0, 0.1) is 0 Å². The predicted molar refractivity (Wildman–Crippen MR) is 191 cm³/mol. The van der Waals surface area contributed by atoms with E-state index in [1.165, 1.54) is 4.90 Å². The largest absolute Gasteiger partial charge is 0.382 e. The highest BCUT2D eigenvalue weighted by molar-refractivity contribution is 8.00. The number of rotatable bonds is 19. The van der Waals surface area contributed by atoms with Gasteiger partial charge in [0, 0.05) is 24.4 Å². The minimum Gasteiger partial charge on any atom is -0.382 e. The maximum absolute atomic E-state index is 14.0. The summed E-state index contributed by atoms with van der Waals surface area (Å²) in [4.78, 5) is 67.6. The van der Waals surface area contributed by atoms with Crippen molar-refractivity contribution in [1.82, 2.24) is 20.9 Å². The zero-order chi connectivity index (χ0) is 35.3. The summed E-state index contributed by atoms with van der Waals surface area (Å²) in [6.07, 6.45) is 3.75. The molecule has 10 nitrogen and oxygen atoms in total. The van der Waals surface area contributed by atoms with Crippen LogP contribution in [-0.2, 0) is 24.0 Å². The van der Waals surface area contributed by atoms with E-state index in [2.05, 4.69) is 29.5 Å². The minimum atomic E-state index is -1.02. The molecule has 1 aliphatic rings. The fourth-order valence-electron chi connectivity index (χ4n) is 5.94. The molecule has 3 amide bonds. The van der Waals surface area contributed by atoms with Gasteiger partial charge < -0.3 is 31.4 Å². The molecule has 0 aromatic heterocycles. The normalized spacial score (nSPS) is 19.8. The van der Waals surface area contributed by atoms with E-state index in [-0.39, 0.29) is 24.7 Å². The van der Waals surface area contributed by atoms with Crippen molar-refractivity contribution in [3.63, 3.8) is 0 Å². The summed E-state index contributed by atoms with van der Waals surface area (Å²) in [7, 11) is 0. The highest BCUT2D eigenvalue weighted by Crippen LogP contribution is 2.39. The number of nitrogens with zero attached hydrogens (tertiary/aromatic N) is 1. The molecule has 1 heterocycles. The van der Waals surface area contributed by atoms with Crippen LogP contribution in [0.15, 0.2) is 72.9 Å². The molecule has 6 atom stereocenters. The zero-order valence-corrected chi connectivity index (χ0v) is 29.4. The third kappa shape index (κ3) is 10.3. The summed E-state index contributed by atoms with van der Waals surface area (Å²) >= 11 is 1.72. The van der Waals surface area contributed by atoms with E-state index in [0.29, 0.717) is 19.4 Å². The molecule has 0 bridgehead atoms. The van der Waals surface area contributed by atoms with Gasteiger partial charge in [0.1, 0.15) is 18.4 Å². The Morgan fingerprint density at radius 1 is 1.04 bits per heavy atom. The average Bonchev–Trinajstić information content (AvgIpc) is 3.45. The smallest absolute Gasteiger partial charge is 0.247 e. The number of amides is 3. The molecule has 1 saturated heterocycles. The molecule has 5 N–H and O–H groups in total. The number of carbonyl (C=O) groups is 5. The molecule has 260 valence electrons. The van der Waals surface area contributed by atoms with Crippen LogP contribution in [0.5, 0.6) is 0 Å². The van der Waals surface area contributed by atoms with Crippen molar-refractivity contribution in [1.29, 1.82) is 0 Å². The van der Waals surface area contributed by atoms with Crippen molar-refractivity contribution in [2.45, 2.75) is 88.1 Å². The highest BCUT2D eigenvalue weighted by atomic mass is 32.2. The molecule has 5 unspecified atom stereocenters. The minimum absolute atomic E-state index is 0.0692. The van der Waals surface area contributed by atoms with E-state index in [4.69, 9.17) is 5.73 Å². The van der Waals surface area contributed by atoms with Crippen molar-refractivity contribution in [2.75, 3.05) is 25.4 Å². The zero-order valence-electron chi connectivity index (χ0n) is 28.6. The molecule has 11 heteroatoms. The molecule has 0 spiro atoms. The monoisotopic (exact) mass is 677 g/mol. The number of likely N-dealkylation sites (tertiary alicyclic amines) is 1. The van der Waals surface area contributed by atoms with Crippen LogP contribution < -0.4 is 21.7 Å². The third-order valence-corrected chi connectivity index (χ3v) is 10.3. The Morgan fingerprint density at radius 2 is 1.67 bits per heavy atom. The maximum Gasteiger partial charge on any atom is 0.247 e. The van der Waals surface area contributed by atoms with E-state index < -0.39 is 52.3 Å². The molecular formula is C37H51N5O5S. The molecule has 2 aromatic rings. The van der Waals surface area contributed by atoms with E-state index in [9.17, 15) is 24.0 Å². The van der Waals surface area contributed by atoms with Crippen LogP contribution >= 0.6 is 11.8 Å². The number of nitrogens with one attached hydrogen (secondary N) is 3. The number of nitrogens with two attached hydrogens (primary N) is 1. The van der Waals surface area contributed by atoms with Gasteiger partial charge in [-0.3, -0.25) is 19.2 Å². The number of hydrogen-bond donors (Lipinski definition) is 4. The van der Waals surface area contributed by atoms with Crippen LogP contribution in [0.2, 0.25) is 0 Å². The maximum atomic E-state index is 14.0. The standard InChI is InChI=1S/C37H51N5O5S/c1-6-8-19-48-37(5)20-32(35(46)40-26(4)33(44)25(3)39-22-29(23-43)27-15-11-9-12-16-27)42(24-37)36(47)31(21-38)41-34(45)30(7-2)28-17-13-10-14-18-28/h9-18,23,26,29-32,39H,3,6-8,19-22,24,38H2,1-2,4-5H3,(H,40,46)(H,41,45)/t26?,29?,30-,31?,32?,37?/m0/s1. The summed E-state index contributed by atoms with van der Waals surface area (Å²) in [6, 6.07) is 15.7. The van der Waals surface area contributed by atoms with Gasteiger partial charge in [-0.15, -0.1) is 0 Å². The third-order valence-electron chi connectivity index (χ3n) is 8.79. The van der Waals surface area contributed by atoms with E-state index in [0.717, 1.165) is 36.0 Å². The lowest BCUT2D eigenvalue weighted by atomic mass is 9.95. The summed E-state index contributed by atoms with van der Waals surface area (Å²) in [5, 5.41) is 8.59. The Hall–Kier alpha value is -3.96. The first-order valence-corrected chi connectivity index (χ1v) is 17.7. The first-order chi connectivity index (χ1) is 23.0. The number of thioether (sulfide) groups is 1. The average molecular weight is 678 g/mol. The number of hydrogen-bond acceptors (Lipinski definition) is 8. The van der Waals surface area contributed by atoms with Crippen molar-refractivity contribution in [3.05, 3.63) is 84.1 Å². The lowest BCUT2D eigenvalue weighted by molar-refractivity contribution is -0.141. The Balaban J connectivity index is 1.72. The Morgan fingerprint density at radius 3 is 2.23 bits per heavy atom. The number of ketones is 1. The van der Waals surface area contributed by atoms with Crippen LogP contribution in [0.25, 0.3) is 0 Å². The van der Waals surface area contributed by atoms with Crippen molar-refractivity contribution >= 4 is 41.6 Å². The van der Waals surface area contributed by atoms with Gasteiger partial charge in [0.05, 0.1) is 23.6 Å². The van der Waals surface area contributed by atoms with Crippen molar-refractivity contribution in [2.24, 2.45) is 5.73 Å². The topological polar surface area (TPSA) is 151 Å². The summed E-state index contributed by atoms with van der Waals surface area (Å²) in [5.41, 5.74) is 7.78. The lowest BCUT2D eigenvalue weighted by Crippen LogP contribution is -2.57. The van der Waals surface area contributed by atoms with Gasteiger partial charge in [-0.1, -0.05) is 87.5 Å². The molecule has 1 fully saturated rings. The number of carbonyl (C=O) groups excluding carboxylic acids is 5. The first-order valence-electron chi connectivity index (χ1n) is 16.8. The van der Waals surface area contributed by atoms with Crippen LogP contribution in [-0.4, -0.2) is 83.0 Å². The predicted octanol–water partition coefficient (Wildman–Crippen LogP) is 3.68. The quantitative estimate of drug-likeness (QED) is 0.1000. The SMILES string of the molecule is C=C(NCC(C=O)c1ccccc1)C(=O)C(C)NC(=O)C1CC(C)(SCCCC)CN1C(=O)C(CN)NC(=O)[C@@H](CC)c1ccccc1. The lowest BCUT2D eigenvalue weighted by Gasteiger charge is -2.30. The first kappa shape index (κ1) is 38.5. The highest BCUT2D eigenvalue weighted by Gasteiger charge is 2.48. The molecule has 0 radical (unpaired) electrons. The second-order valence-electron chi connectivity index (χ2n) is 12.6. The van der Waals surface area contributed by atoms with Crippen LogP contribution in [0.4, 0.5) is 0 Å². The molecule has 2 aromatic carbocycles. The second kappa shape index (κ2) is 18.5. The molecular weight excluding hydrogens is 627 g/mol. The number of benzene rings is 2. The van der Waals surface area contributed by atoms with E-state index in [1.807, 2.05) is 74.5 Å². The van der Waals surface area contributed by atoms with Gasteiger partial charge in [-0.05, 0) is 50.0 Å². The van der Waals surface area contributed by atoms with E-state index >= 15 is 0 Å². The number of Topliss-reactive ketones (excluding diaryl/α,β-unsaturated/α-hetero) is 1. The molecule has 48 heavy (non-hydrogen) atoms. The van der Waals surface area contributed by atoms with Gasteiger partial charge in [0.2, 0.25) is 17.7 Å². The molecule has 0 saturated carbocycles.